The highest BCUT2D eigenvalue weighted by atomic mass is 32.2. The van der Waals surface area contributed by atoms with Crippen molar-refractivity contribution in [2.24, 2.45) is 0 Å². The van der Waals surface area contributed by atoms with Gasteiger partial charge in [0.25, 0.3) is 0 Å². The summed E-state index contributed by atoms with van der Waals surface area (Å²) in [7, 11) is 0. The van der Waals surface area contributed by atoms with Crippen LogP contribution in [0.5, 0.6) is 0 Å². The fourth-order valence-electron chi connectivity index (χ4n) is 3.44. The van der Waals surface area contributed by atoms with Crippen molar-refractivity contribution >= 4 is 23.6 Å². The average Bonchev–Trinajstić information content (AvgIpc) is 3.30. The number of rotatable bonds is 4. The number of nitrogens with zero attached hydrogens (tertiary/aromatic N) is 2. The molecule has 25 heavy (non-hydrogen) atoms. The molecule has 2 amide bonds. The zero-order chi connectivity index (χ0) is 17.4. The van der Waals surface area contributed by atoms with Crippen molar-refractivity contribution in [3.63, 3.8) is 0 Å². The van der Waals surface area contributed by atoms with Crippen LogP contribution in [0, 0.1) is 0 Å². The highest BCUT2D eigenvalue weighted by molar-refractivity contribution is 8.01. The minimum Gasteiger partial charge on any atom is -0.356 e. The second-order valence-corrected chi connectivity index (χ2v) is 8.03. The Morgan fingerprint density at radius 2 is 2.24 bits per heavy atom. The van der Waals surface area contributed by atoms with Gasteiger partial charge in [0.2, 0.25) is 11.8 Å². The minimum atomic E-state index is -0.398. The van der Waals surface area contributed by atoms with Gasteiger partial charge in [0.15, 0.2) is 5.76 Å². The molecule has 1 N–H and O–H groups in total. The Hall–Kier alpha value is -2.28. The Bertz CT molecular complexity index is 807. The van der Waals surface area contributed by atoms with Gasteiger partial charge >= 0.3 is 0 Å². The molecule has 2 saturated heterocycles. The first-order chi connectivity index (χ1) is 12.1. The monoisotopic (exact) mass is 357 g/mol. The minimum absolute atomic E-state index is 0.0699. The van der Waals surface area contributed by atoms with Crippen molar-refractivity contribution in [2.45, 2.75) is 37.2 Å². The molecule has 1 aromatic carbocycles. The lowest BCUT2D eigenvalue weighted by Gasteiger charge is -2.29. The van der Waals surface area contributed by atoms with Crippen LogP contribution in [-0.2, 0) is 16.1 Å². The molecular formula is C18H19N3O3S. The van der Waals surface area contributed by atoms with Gasteiger partial charge in [0.05, 0.1) is 11.4 Å². The standard InChI is InChI=1S/C18H19N3O3S/c1-18-8-7-16(22)21(18)14(11-25-18)17(23)19-10-13-9-15(24-20-13)12-5-3-2-4-6-12/h2-6,9,14H,7-8,10-11H2,1H3,(H,19,23)/t14-,18-/m0/s1. The van der Waals surface area contributed by atoms with E-state index in [1.807, 2.05) is 43.3 Å². The second-order valence-electron chi connectivity index (χ2n) is 6.53. The van der Waals surface area contributed by atoms with Gasteiger partial charge < -0.3 is 14.7 Å². The maximum Gasteiger partial charge on any atom is 0.244 e. The van der Waals surface area contributed by atoms with Crippen LogP contribution in [0.3, 0.4) is 0 Å². The van der Waals surface area contributed by atoms with Gasteiger partial charge in [-0.3, -0.25) is 9.59 Å². The molecule has 2 aromatic rings. The van der Waals surface area contributed by atoms with Crippen LogP contribution < -0.4 is 5.32 Å². The molecule has 2 fully saturated rings. The van der Waals surface area contributed by atoms with E-state index in [-0.39, 0.29) is 23.2 Å². The van der Waals surface area contributed by atoms with Crippen LogP contribution in [-0.4, -0.2) is 38.5 Å². The number of aromatic nitrogens is 1. The van der Waals surface area contributed by atoms with Gasteiger partial charge in [-0.05, 0) is 13.3 Å². The predicted octanol–water partition coefficient (Wildman–Crippen LogP) is 2.41. The first kappa shape index (κ1) is 16.2. The van der Waals surface area contributed by atoms with Gasteiger partial charge in [-0.15, -0.1) is 11.8 Å². The van der Waals surface area contributed by atoms with Crippen LogP contribution in [0.4, 0.5) is 0 Å². The molecule has 6 nitrogen and oxygen atoms in total. The van der Waals surface area contributed by atoms with Gasteiger partial charge in [-0.2, -0.15) is 0 Å². The summed E-state index contributed by atoms with van der Waals surface area (Å²) >= 11 is 1.69. The molecule has 0 radical (unpaired) electrons. The van der Waals surface area contributed by atoms with Gasteiger partial charge in [0, 0.05) is 23.8 Å². The first-order valence-corrected chi connectivity index (χ1v) is 9.30. The summed E-state index contributed by atoms with van der Waals surface area (Å²) < 4.78 is 5.34. The average molecular weight is 357 g/mol. The molecule has 3 heterocycles. The molecule has 0 bridgehead atoms. The molecule has 130 valence electrons. The number of hydrogen-bond acceptors (Lipinski definition) is 5. The Labute approximate surface area is 149 Å². The molecule has 1 aromatic heterocycles. The SMILES string of the molecule is C[C@]12CCC(=O)N1[C@H](C(=O)NCc1cc(-c3ccccc3)on1)CS2. The van der Waals surface area contributed by atoms with E-state index in [4.69, 9.17) is 4.52 Å². The summed E-state index contributed by atoms with van der Waals surface area (Å²) in [5.41, 5.74) is 1.60. The Morgan fingerprint density at radius 3 is 3.04 bits per heavy atom. The molecule has 2 aliphatic heterocycles. The molecule has 0 spiro atoms. The van der Waals surface area contributed by atoms with Crippen molar-refractivity contribution < 1.29 is 14.1 Å². The van der Waals surface area contributed by atoms with Crippen molar-refractivity contribution in [1.82, 2.24) is 15.4 Å². The predicted molar refractivity (Wildman–Crippen MR) is 94.5 cm³/mol. The van der Waals surface area contributed by atoms with Crippen molar-refractivity contribution in [1.29, 1.82) is 0 Å². The van der Waals surface area contributed by atoms with Crippen LogP contribution in [0.15, 0.2) is 40.9 Å². The third kappa shape index (κ3) is 2.93. The van der Waals surface area contributed by atoms with Crippen LogP contribution in [0.25, 0.3) is 11.3 Å². The van der Waals surface area contributed by atoms with Crippen molar-refractivity contribution in [3.05, 3.63) is 42.1 Å². The normalized spacial score (nSPS) is 25.2. The fraction of sp³-hybridized carbons (Fsp3) is 0.389. The van der Waals surface area contributed by atoms with Crippen LogP contribution in [0.2, 0.25) is 0 Å². The second kappa shape index (κ2) is 6.22. The molecule has 7 heteroatoms. The molecule has 0 saturated carbocycles. The third-order valence-electron chi connectivity index (χ3n) is 4.81. The van der Waals surface area contributed by atoms with E-state index in [0.717, 1.165) is 12.0 Å². The zero-order valence-corrected chi connectivity index (χ0v) is 14.7. The smallest absolute Gasteiger partial charge is 0.244 e. The summed E-state index contributed by atoms with van der Waals surface area (Å²) in [6.45, 7) is 2.33. The van der Waals surface area contributed by atoms with E-state index in [1.165, 1.54) is 0 Å². The molecule has 0 unspecified atom stereocenters. The Balaban J connectivity index is 1.40. The molecule has 4 rings (SSSR count). The third-order valence-corrected chi connectivity index (χ3v) is 6.31. The van der Waals surface area contributed by atoms with E-state index in [0.29, 0.717) is 23.6 Å². The maximum atomic E-state index is 12.5. The number of fused-ring (bicyclic) bond motifs is 1. The maximum absolute atomic E-state index is 12.5. The molecule has 2 aliphatic rings. The first-order valence-electron chi connectivity index (χ1n) is 8.32. The quantitative estimate of drug-likeness (QED) is 0.909. The summed E-state index contributed by atoms with van der Waals surface area (Å²) in [4.78, 5) is 26.2. The number of thioether (sulfide) groups is 1. The largest absolute Gasteiger partial charge is 0.356 e. The van der Waals surface area contributed by atoms with Crippen LogP contribution in [0.1, 0.15) is 25.5 Å². The van der Waals surface area contributed by atoms with E-state index in [9.17, 15) is 9.59 Å². The topological polar surface area (TPSA) is 75.4 Å². The Morgan fingerprint density at radius 1 is 1.44 bits per heavy atom. The van der Waals surface area contributed by atoms with E-state index < -0.39 is 6.04 Å². The lowest BCUT2D eigenvalue weighted by molar-refractivity contribution is -0.138. The number of carbonyl (C=O) groups is 2. The van der Waals surface area contributed by atoms with Gasteiger partial charge in [-0.1, -0.05) is 35.5 Å². The summed E-state index contributed by atoms with van der Waals surface area (Å²) in [5.74, 6) is 1.25. The van der Waals surface area contributed by atoms with Gasteiger partial charge in [0.1, 0.15) is 11.7 Å². The van der Waals surface area contributed by atoms with E-state index in [1.54, 1.807) is 16.7 Å². The highest BCUT2D eigenvalue weighted by Gasteiger charge is 2.52. The Kier molecular flexibility index (Phi) is 4.03. The van der Waals surface area contributed by atoms with Crippen LogP contribution >= 0.6 is 11.8 Å². The lowest BCUT2D eigenvalue weighted by atomic mass is 10.1. The lowest BCUT2D eigenvalue weighted by Crippen LogP contribution is -2.49. The van der Waals surface area contributed by atoms with E-state index in [2.05, 4.69) is 10.5 Å². The van der Waals surface area contributed by atoms with Gasteiger partial charge in [-0.25, -0.2) is 0 Å². The van der Waals surface area contributed by atoms with Crippen molar-refractivity contribution in [3.8, 4) is 11.3 Å². The number of carbonyl (C=O) groups excluding carboxylic acids is 2. The van der Waals surface area contributed by atoms with Crippen molar-refractivity contribution in [2.75, 3.05) is 5.75 Å². The number of nitrogens with one attached hydrogen (secondary N) is 1. The highest BCUT2D eigenvalue weighted by Crippen LogP contribution is 2.47. The fourth-order valence-corrected chi connectivity index (χ4v) is 4.88. The number of hydrogen-bond donors (Lipinski definition) is 1. The molecule has 0 aliphatic carbocycles. The number of benzene rings is 1. The summed E-state index contributed by atoms with van der Waals surface area (Å²) in [5, 5.41) is 6.90. The zero-order valence-electron chi connectivity index (χ0n) is 13.9. The molecule has 2 atom stereocenters. The number of amides is 2. The van der Waals surface area contributed by atoms with E-state index >= 15 is 0 Å². The summed E-state index contributed by atoms with van der Waals surface area (Å²) in [6, 6.07) is 11.1. The molecular weight excluding hydrogens is 338 g/mol. The summed E-state index contributed by atoms with van der Waals surface area (Å²) in [6.07, 6.45) is 1.33.